The summed E-state index contributed by atoms with van der Waals surface area (Å²) in [6, 6.07) is 0. The molecule has 6 nitrogen and oxygen atoms in total. The molecule has 1 amide bonds. The van der Waals surface area contributed by atoms with Crippen molar-refractivity contribution in [3.05, 3.63) is 11.7 Å². The van der Waals surface area contributed by atoms with Gasteiger partial charge in [-0.25, -0.2) is 0 Å². The number of amides is 1. The minimum absolute atomic E-state index is 0.178. The first-order chi connectivity index (χ1) is 10.4. The van der Waals surface area contributed by atoms with Gasteiger partial charge in [0, 0.05) is 12.4 Å². The molecule has 1 aromatic heterocycles. The molecular weight excluding hydrogens is 323 g/mol. The summed E-state index contributed by atoms with van der Waals surface area (Å²) < 4.78 is 46.7. The highest BCUT2D eigenvalue weighted by Crippen LogP contribution is 2.26. The van der Waals surface area contributed by atoms with Crippen LogP contribution in [0.15, 0.2) is 4.52 Å². The summed E-state index contributed by atoms with van der Waals surface area (Å²) in [5.41, 5.74) is 0. The first-order valence-corrected chi connectivity index (χ1v) is 7.96. The number of rotatable bonds is 6. The van der Waals surface area contributed by atoms with E-state index in [-0.39, 0.29) is 30.2 Å². The summed E-state index contributed by atoms with van der Waals surface area (Å²) in [6.07, 6.45) is -1.27. The molecule has 0 aromatic carbocycles. The van der Waals surface area contributed by atoms with E-state index >= 15 is 0 Å². The maximum atomic E-state index is 12.3. The molecule has 0 radical (unpaired) electrons. The van der Waals surface area contributed by atoms with Crippen LogP contribution in [0.3, 0.4) is 0 Å². The van der Waals surface area contributed by atoms with Gasteiger partial charge >= 0.3 is 6.18 Å². The van der Waals surface area contributed by atoms with Gasteiger partial charge in [0.1, 0.15) is 0 Å². The zero-order valence-corrected chi connectivity index (χ0v) is 12.5. The lowest BCUT2D eigenvalue weighted by Gasteiger charge is -2.21. The lowest BCUT2D eigenvalue weighted by Crippen LogP contribution is -2.26. The molecule has 1 aliphatic rings. The molecular formula is C12H16F3N3O3S. The van der Waals surface area contributed by atoms with Crippen LogP contribution >= 0.6 is 11.8 Å². The Hall–Kier alpha value is -1.29. The zero-order chi connectivity index (χ0) is 16.0. The molecule has 0 bridgehead atoms. The summed E-state index contributed by atoms with van der Waals surface area (Å²) in [7, 11) is 0. The van der Waals surface area contributed by atoms with Gasteiger partial charge in [-0.3, -0.25) is 4.79 Å². The molecule has 1 N–H and O–H groups in total. The van der Waals surface area contributed by atoms with Gasteiger partial charge in [0.25, 0.3) is 5.82 Å². The molecule has 2 rings (SSSR count). The molecule has 1 aliphatic heterocycles. The van der Waals surface area contributed by atoms with Crippen molar-refractivity contribution in [2.24, 2.45) is 0 Å². The van der Waals surface area contributed by atoms with Crippen molar-refractivity contribution in [3.8, 4) is 0 Å². The summed E-state index contributed by atoms with van der Waals surface area (Å²) >= 11 is 1.43. The van der Waals surface area contributed by atoms with Crippen molar-refractivity contribution < 1.29 is 27.2 Å². The Morgan fingerprint density at radius 3 is 2.86 bits per heavy atom. The van der Waals surface area contributed by atoms with Crippen molar-refractivity contribution in [2.75, 3.05) is 18.1 Å². The maximum absolute atomic E-state index is 12.3. The van der Waals surface area contributed by atoms with Crippen LogP contribution in [0.4, 0.5) is 13.2 Å². The second kappa shape index (κ2) is 7.82. The van der Waals surface area contributed by atoms with Crippen molar-refractivity contribution in [1.82, 2.24) is 15.5 Å². The number of halogens is 3. The molecule has 1 atom stereocenters. The van der Waals surface area contributed by atoms with Crippen LogP contribution in [0.5, 0.6) is 0 Å². The van der Waals surface area contributed by atoms with Gasteiger partial charge in [-0.2, -0.15) is 18.2 Å². The SMILES string of the molecule is O=C(CSCC1CCCCO1)NCc1nc(C(F)(F)F)no1. The topological polar surface area (TPSA) is 77.2 Å². The quantitative estimate of drug-likeness (QED) is 0.854. The van der Waals surface area contributed by atoms with Gasteiger partial charge < -0.3 is 14.6 Å². The van der Waals surface area contributed by atoms with Gasteiger partial charge in [0.2, 0.25) is 11.8 Å². The fourth-order valence-corrected chi connectivity index (χ4v) is 2.82. The zero-order valence-electron chi connectivity index (χ0n) is 11.7. The fraction of sp³-hybridized carbons (Fsp3) is 0.750. The average Bonchev–Trinajstić information content (AvgIpc) is 2.95. The second-order valence-corrected chi connectivity index (χ2v) is 5.82. The van der Waals surface area contributed by atoms with E-state index in [2.05, 4.69) is 20.0 Å². The number of nitrogens with zero attached hydrogens (tertiary/aromatic N) is 2. The summed E-state index contributed by atoms with van der Waals surface area (Å²) in [6.45, 7) is 0.540. The predicted octanol–water partition coefficient (Wildman–Crippen LogP) is 2.01. The third-order valence-corrected chi connectivity index (χ3v) is 4.04. The van der Waals surface area contributed by atoms with Gasteiger partial charge in [-0.15, -0.1) is 11.8 Å². The van der Waals surface area contributed by atoms with Crippen LogP contribution in [0.25, 0.3) is 0 Å². The standard InChI is InChI=1S/C12H16F3N3O3S/c13-12(14,15)11-17-10(21-18-11)5-16-9(19)7-22-6-8-3-1-2-4-20-8/h8H,1-7H2,(H,16,19). The first-order valence-electron chi connectivity index (χ1n) is 6.81. The molecule has 1 aromatic rings. The highest BCUT2D eigenvalue weighted by Gasteiger charge is 2.37. The second-order valence-electron chi connectivity index (χ2n) is 4.79. The number of carbonyl (C=O) groups is 1. The third-order valence-electron chi connectivity index (χ3n) is 2.97. The molecule has 1 unspecified atom stereocenters. The van der Waals surface area contributed by atoms with E-state index in [1.807, 2.05) is 0 Å². The molecule has 2 heterocycles. The van der Waals surface area contributed by atoms with E-state index in [9.17, 15) is 18.0 Å². The fourth-order valence-electron chi connectivity index (χ4n) is 1.89. The van der Waals surface area contributed by atoms with Crippen molar-refractivity contribution in [2.45, 2.75) is 38.1 Å². The molecule has 22 heavy (non-hydrogen) atoms. The number of hydrogen-bond donors (Lipinski definition) is 1. The number of nitrogens with one attached hydrogen (secondary N) is 1. The number of aromatic nitrogens is 2. The molecule has 1 fully saturated rings. The minimum Gasteiger partial charge on any atom is -0.377 e. The highest BCUT2D eigenvalue weighted by atomic mass is 32.2. The summed E-state index contributed by atoms with van der Waals surface area (Å²) in [4.78, 5) is 14.7. The van der Waals surface area contributed by atoms with E-state index in [0.717, 1.165) is 31.6 Å². The van der Waals surface area contributed by atoms with Gasteiger partial charge in [-0.05, 0) is 19.3 Å². The van der Waals surface area contributed by atoms with Crippen molar-refractivity contribution in [3.63, 3.8) is 0 Å². The number of alkyl halides is 3. The Bertz CT molecular complexity index is 489. The summed E-state index contributed by atoms with van der Waals surface area (Å²) in [5, 5.41) is 5.24. The van der Waals surface area contributed by atoms with Crippen LogP contribution in [0, 0.1) is 0 Å². The van der Waals surface area contributed by atoms with Crippen LogP contribution < -0.4 is 5.32 Å². The molecule has 0 spiro atoms. The average molecular weight is 339 g/mol. The number of thioether (sulfide) groups is 1. The van der Waals surface area contributed by atoms with E-state index in [1.54, 1.807) is 0 Å². The van der Waals surface area contributed by atoms with E-state index in [4.69, 9.17) is 4.74 Å². The minimum atomic E-state index is -4.65. The highest BCUT2D eigenvalue weighted by molar-refractivity contribution is 7.99. The van der Waals surface area contributed by atoms with Crippen molar-refractivity contribution in [1.29, 1.82) is 0 Å². The lowest BCUT2D eigenvalue weighted by molar-refractivity contribution is -0.146. The van der Waals surface area contributed by atoms with Gasteiger partial charge in [-0.1, -0.05) is 5.16 Å². The predicted molar refractivity (Wildman–Crippen MR) is 72.1 cm³/mol. The van der Waals surface area contributed by atoms with Gasteiger partial charge in [0.15, 0.2) is 0 Å². The number of carbonyl (C=O) groups excluding carboxylic acids is 1. The smallest absolute Gasteiger partial charge is 0.377 e. The van der Waals surface area contributed by atoms with Crippen LogP contribution in [-0.2, 0) is 22.3 Å². The molecule has 0 aliphatic carbocycles. The Morgan fingerprint density at radius 1 is 1.41 bits per heavy atom. The molecule has 0 saturated carbocycles. The monoisotopic (exact) mass is 339 g/mol. The Labute approximate surface area is 129 Å². The Balaban J connectivity index is 1.64. The maximum Gasteiger partial charge on any atom is 0.455 e. The van der Waals surface area contributed by atoms with E-state index in [0.29, 0.717) is 0 Å². The van der Waals surface area contributed by atoms with Crippen LogP contribution in [0.1, 0.15) is 31.0 Å². The van der Waals surface area contributed by atoms with E-state index in [1.165, 1.54) is 11.8 Å². The van der Waals surface area contributed by atoms with Crippen molar-refractivity contribution >= 4 is 17.7 Å². The Morgan fingerprint density at radius 2 is 2.23 bits per heavy atom. The normalized spacial score (nSPS) is 19.1. The summed E-state index contributed by atoms with van der Waals surface area (Å²) in [5.74, 6) is -0.985. The Kier molecular flexibility index (Phi) is 6.07. The van der Waals surface area contributed by atoms with Crippen LogP contribution in [-0.4, -0.2) is 40.3 Å². The molecule has 10 heteroatoms. The number of ether oxygens (including phenoxy) is 1. The third kappa shape index (κ3) is 5.48. The lowest BCUT2D eigenvalue weighted by atomic mass is 10.1. The van der Waals surface area contributed by atoms with Gasteiger partial charge in [0.05, 0.1) is 18.4 Å². The molecule has 1 saturated heterocycles. The first kappa shape index (κ1) is 17.1. The van der Waals surface area contributed by atoms with Crippen LogP contribution in [0.2, 0.25) is 0 Å². The number of hydrogen-bond acceptors (Lipinski definition) is 6. The largest absolute Gasteiger partial charge is 0.455 e. The van der Waals surface area contributed by atoms with E-state index < -0.39 is 12.0 Å². The molecule has 124 valence electrons.